The SMILES string of the molecule is COc1cc(NC(=O)c2cc(I)ccc2Cl)ccc1NC(=O)c1cccs1. The molecule has 0 saturated heterocycles. The molecule has 2 amide bonds. The lowest BCUT2D eigenvalue weighted by atomic mass is 10.2. The van der Waals surface area contributed by atoms with Gasteiger partial charge in [0.25, 0.3) is 11.8 Å². The van der Waals surface area contributed by atoms with Gasteiger partial charge in [-0.25, -0.2) is 0 Å². The molecule has 0 atom stereocenters. The molecule has 0 aliphatic rings. The van der Waals surface area contributed by atoms with Crippen molar-refractivity contribution in [3.63, 3.8) is 0 Å². The van der Waals surface area contributed by atoms with Crippen LogP contribution in [-0.2, 0) is 0 Å². The summed E-state index contributed by atoms with van der Waals surface area (Å²) in [5.74, 6) is -0.104. The Kier molecular flexibility index (Phi) is 6.35. The van der Waals surface area contributed by atoms with Crippen molar-refractivity contribution in [3.8, 4) is 5.75 Å². The second-order valence-corrected chi connectivity index (χ2v) is 8.03. The number of halogens is 2. The number of carbonyl (C=O) groups excluding carboxylic acids is 2. The van der Waals surface area contributed by atoms with E-state index in [1.807, 2.05) is 17.5 Å². The van der Waals surface area contributed by atoms with Crippen molar-refractivity contribution < 1.29 is 14.3 Å². The van der Waals surface area contributed by atoms with Gasteiger partial charge in [-0.05, 0) is 64.4 Å². The van der Waals surface area contributed by atoms with Gasteiger partial charge in [0.1, 0.15) is 5.75 Å². The maximum Gasteiger partial charge on any atom is 0.265 e. The molecule has 0 aliphatic heterocycles. The molecule has 0 spiro atoms. The zero-order valence-electron chi connectivity index (χ0n) is 14.1. The predicted molar refractivity (Wildman–Crippen MR) is 117 cm³/mol. The summed E-state index contributed by atoms with van der Waals surface area (Å²) in [5.41, 5.74) is 1.43. The normalized spacial score (nSPS) is 10.3. The molecule has 0 radical (unpaired) electrons. The number of carbonyl (C=O) groups is 2. The Bertz CT molecular complexity index is 993. The van der Waals surface area contributed by atoms with Crippen molar-refractivity contribution in [2.75, 3.05) is 17.7 Å². The molecule has 2 N–H and O–H groups in total. The zero-order valence-corrected chi connectivity index (χ0v) is 17.8. The Labute approximate surface area is 178 Å². The molecular formula is C19H14ClIN2O3S. The van der Waals surface area contributed by atoms with E-state index in [2.05, 4.69) is 33.2 Å². The van der Waals surface area contributed by atoms with E-state index in [4.69, 9.17) is 16.3 Å². The first-order valence-corrected chi connectivity index (χ1v) is 10.1. The number of amides is 2. The third kappa shape index (κ3) is 4.79. The number of hydrogen-bond donors (Lipinski definition) is 2. The number of hydrogen-bond acceptors (Lipinski definition) is 4. The molecule has 0 aliphatic carbocycles. The molecule has 27 heavy (non-hydrogen) atoms. The molecule has 1 heterocycles. The highest BCUT2D eigenvalue weighted by Crippen LogP contribution is 2.29. The third-order valence-electron chi connectivity index (χ3n) is 3.63. The molecule has 0 unspecified atom stereocenters. The number of ether oxygens (including phenoxy) is 1. The van der Waals surface area contributed by atoms with Gasteiger partial charge in [0, 0.05) is 15.3 Å². The van der Waals surface area contributed by atoms with Crippen molar-refractivity contribution in [3.05, 3.63) is 72.9 Å². The van der Waals surface area contributed by atoms with E-state index in [9.17, 15) is 9.59 Å². The number of anilines is 2. The Morgan fingerprint density at radius 2 is 1.89 bits per heavy atom. The maximum absolute atomic E-state index is 12.5. The largest absolute Gasteiger partial charge is 0.494 e. The van der Waals surface area contributed by atoms with Gasteiger partial charge < -0.3 is 15.4 Å². The molecule has 0 bridgehead atoms. The van der Waals surface area contributed by atoms with E-state index in [1.165, 1.54) is 18.4 Å². The lowest BCUT2D eigenvalue weighted by Crippen LogP contribution is -2.14. The van der Waals surface area contributed by atoms with Crippen LogP contribution in [0.1, 0.15) is 20.0 Å². The minimum atomic E-state index is -0.323. The fraction of sp³-hybridized carbons (Fsp3) is 0.0526. The molecule has 5 nitrogen and oxygen atoms in total. The molecule has 3 rings (SSSR count). The van der Waals surface area contributed by atoms with Crippen LogP contribution in [0.2, 0.25) is 5.02 Å². The van der Waals surface area contributed by atoms with Crippen LogP contribution >= 0.6 is 45.5 Å². The topological polar surface area (TPSA) is 67.4 Å². The third-order valence-corrected chi connectivity index (χ3v) is 5.49. The number of nitrogens with one attached hydrogen (secondary N) is 2. The first-order chi connectivity index (χ1) is 13.0. The Morgan fingerprint density at radius 3 is 2.59 bits per heavy atom. The molecule has 0 fully saturated rings. The second kappa shape index (κ2) is 8.73. The van der Waals surface area contributed by atoms with Crippen molar-refractivity contribution in [1.29, 1.82) is 0 Å². The smallest absolute Gasteiger partial charge is 0.265 e. The van der Waals surface area contributed by atoms with Crippen molar-refractivity contribution in [2.45, 2.75) is 0 Å². The zero-order chi connectivity index (χ0) is 19.4. The molecular weight excluding hydrogens is 499 g/mol. The highest BCUT2D eigenvalue weighted by molar-refractivity contribution is 14.1. The quantitative estimate of drug-likeness (QED) is 0.443. The fourth-order valence-corrected chi connectivity index (χ4v) is 3.65. The van der Waals surface area contributed by atoms with Crippen LogP contribution in [0.3, 0.4) is 0 Å². The maximum atomic E-state index is 12.5. The number of benzene rings is 2. The summed E-state index contributed by atoms with van der Waals surface area (Å²) >= 11 is 9.58. The molecule has 3 aromatic rings. The van der Waals surface area contributed by atoms with Crippen LogP contribution in [0.15, 0.2) is 53.9 Å². The average Bonchev–Trinajstić information content (AvgIpc) is 3.19. The number of rotatable bonds is 5. The van der Waals surface area contributed by atoms with Gasteiger partial charge in [-0.3, -0.25) is 9.59 Å². The summed E-state index contributed by atoms with van der Waals surface area (Å²) < 4.78 is 6.25. The van der Waals surface area contributed by atoms with Gasteiger partial charge in [-0.1, -0.05) is 17.7 Å². The van der Waals surface area contributed by atoms with Gasteiger partial charge in [0.15, 0.2) is 0 Å². The molecule has 8 heteroatoms. The number of thiophene rings is 1. The fourth-order valence-electron chi connectivity index (χ4n) is 2.33. The minimum Gasteiger partial charge on any atom is -0.494 e. The summed E-state index contributed by atoms with van der Waals surface area (Å²) in [5, 5.41) is 7.80. The summed E-state index contributed by atoms with van der Waals surface area (Å²) in [6, 6.07) is 13.8. The monoisotopic (exact) mass is 512 g/mol. The Balaban J connectivity index is 1.78. The van der Waals surface area contributed by atoms with Gasteiger partial charge in [0.2, 0.25) is 0 Å². The van der Waals surface area contributed by atoms with E-state index in [0.717, 1.165) is 3.57 Å². The summed E-state index contributed by atoms with van der Waals surface area (Å²) in [6.07, 6.45) is 0. The van der Waals surface area contributed by atoms with Gasteiger partial charge >= 0.3 is 0 Å². The van der Waals surface area contributed by atoms with Crippen LogP contribution in [0, 0.1) is 3.57 Å². The Hall–Kier alpha value is -2.10. The summed E-state index contributed by atoms with van der Waals surface area (Å²) in [4.78, 5) is 25.3. The van der Waals surface area contributed by atoms with Crippen molar-refractivity contribution in [1.82, 2.24) is 0 Å². The van der Waals surface area contributed by atoms with Gasteiger partial charge in [-0.15, -0.1) is 11.3 Å². The van der Waals surface area contributed by atoms with Crippen molar-refractivity contribution >= 4 is 68.7 Å². The first kappa shape index (κ1) is 19.7. The van der Waals surface area contributed by atoms with E-state index in [0.29, 0.717) is 32.6 Å². The minimum absolute atomic E-state index is 0.217. The highest BCUT2D eigenvalue weighted by atomic mass is 127. The highest BCUT2D eigenvalue weighted by Gasteiger charge is 2.14. The van der Waals surface area contributed by atoms with E-state index < -0.39 is 0 Å². The van der Waals surface area contributed by atoms with Crippen LogP contribution in [-0.4, -0.2) is 18.9 Å². The molecule has 1 aromatic heterocycles. The Morgan fingerprint density at radius 1 is 1.07 bits per heavy atom. The molecule has 138 valence electrons. The predicted octanol–water partition coefficient (Wildman–Crippen LogP) is 5.52. The van der Waals surface area contributed by atoms with Crippen LogP contribution in [0.4, 0.5) is 11.4 Å². The first-order valence-electron chi connectivity index (χ1n) is 7.77. The summed E-state index contributed by atoms with van der Waals surface area (Å²) in [7, 11) is 1.50. The van der Waals surface area contributed by atoms with Crippen LogP contribution in [0.25, 0.3) is 0 Å². The van der Waals surface area contributed by atoms with E-state index >= 15 is 0 Å². The second-order valence-electron chi connectivity index (χ2n) is 5.42. The lowest BCUT2D eigenvalue weighted by Gasteiger charge is -2.13. The van der Waals surface area contributed by atoms with E-state index in [1.54, 1.807) is 36.4 Å². The van der Waals surface area contributed by atoms with Crippen LogP contribution in [0.5, 0.6) is 5.75 Å². The summed E-state index contributed by atoms with van der Waals surface area (Å²) in [6.45, 7) is 0. The average molecular weight is 513 g/mol. The van der Waals surface area contributed by atoms with Gasteiger partial charge in [0.05, 0.1) is 28.3 Å². The van der Waals surface area contributed by atoms with Crippen LogP contribution < -0.4 is 15.4 Å². The molecule has 2 aromatic carbocycles. The van der Waals surface area contributed by atoms with Crippen molar-refractivity contribution in [2.24, 2.45) is 0 Å². The standard InChI is InChI=1S/C19H14ClIN2O3S/c1-26-16-10-12(22-18(24)13-9-11(21)4-6-14(13)20)5-7-15(16)23-19(25)17-3-2-8-27-17/h2-10H,1H3,(H,22,24)(H,23,25). The van der Waals surface area contributed by atoms with Gasteiger partial charge in [-0.2, -0.15) is 0 Å². The number of methoxy groups -OCH3 is 1. The lowest BCUT2D eigenvalue weighted by molar-refractivity contribution is 0.102. The van der Waals surface area contributed by atoms with E-state index in [-0.39, 0.29) is 11.8 Å². The molecule has 0 saturated carbocycles.